The second-order valence-corrected chi connectivity index (χ2v) is 16.0. The van der Waals surface area contributed by atoms with Crippen LogP contribution in [0.25, 0.3) is 10.9 Å². The van der Waals surface area contributed by atoms with E-state index >= 15 is 0 Å². The molecule has 4 aromatic rings. The van der Waals surface area contributed by atoms with Crippen molar-refractivity contribution in [3.63, 3.8) is 0 Å². The van der Waals surface area contributed by atoms with E-state index < -0.39 is 29.2 Å². The zero-order chi connectivity index (χ0) is 39.1. The van der Waals surface area contributed by atoms with Crippen molar-refractivity contribution in [2.24, 2.45) is 10.9 Å². The van der Waals surface area contributed by atoms with Crippen molar-refractivity contribution in [1.82, 2.24) is 40.6 Å². The highest BCUT2D eigenvalue weighted by Crippen LogP contribution is 2.53. The first-order valence-corrected chi connectivity index (χ1v) is 19.9. The van der Waals surface area contributed by atoms with Crippen LogP contribution in [0, 0.1) is 12.8 Å². The van der Waals surface area contributed by atoms with Crippen molar-refractivity contribution < 1.29 is 23.9 Å². The van der Waals surface area contributed by atoms with Crippen LogP contribution in [-0.2, 0) is 19.9 Å². The highest BCUT2D eigenvalue weighted by atomic mass is 16.6. The lowest BCUT2D eigenvalue weighted by Crippen LogP contribution is -2.55. The van der Waals surface area contributed by atoms with E-state index in [0.29, 0.717) is 57.7 Å². The van der Waals surface area contributed by atoms with E-state index in [1.807, 2.05) is 42.2 Å². The maximum absolute atomic E-state index is 14.8. The minimum Gasteiger partial charge on any atom is -0.437 e. The van der Waals surface area contributed by atoms with Gasteiger partial charge >= 0.3 is 12.1 Å². The predicted molar refractivity (Wildman–Crippen MR) is 212 cm³/mol. The lowest BCUT2D eigenvalue weighted by molar-refractivity contribution is -0.125. The number of aromatic amines is 1. The number of pyridine rings is 2. The van der Waals surface area contributed by atoms with Gasteiger partial charge in [-0.1, -0.05) is 6.07 Å². The first kappa shape index (κ1) is 36.7. The Morgan fingerprint density at radius 1 is 0.982 bits per heavy atom. The summed E-state index contributed by atoms with van der Waals surface area (Å²) in [5, 5.41) is 17.4. The number of aryl methyl sites for hydroxylation is 1. The summed E-state index contributed by atoms with van der Waals surface area (Å²) in [6.07, 6.45) is 9.56. The van der Waals surface area contributed by atoms with Crippen molar-refractivity contribution in [2.75, 3.05) is 62.6 Å². The van der Waals surface area contributed by atoms with Gasteiger partial charge < -0.3 is 30.1 Å². The standard InChI is InChI=1S/C41H47N11O5/c1-26-21-28(23-29-25-45-49-34(26)29)32-24-41(32,48-38(55)52-15-8-40(9-16-52)31-3-2-10-44-35(31)47-39(56)57-40)37(54)46-33(22-27-4-11-42-12-5-27)36(53)51-19-17-50(18-20-51)30-6-13-43-14-7-30/h2-3,6-7,10,13-14,21,23,25,27,32,42H,4-5,8-9,11-12,15-20,22,24H2,1H3,(H,45,49)(H,48,55)(H,44,47,56)/t32-,41?/m0/s1. The Morgan fingerprint density at radius 2 is 1.75 bits per heavy atom. The van der Waals surface area contributed by atoms with Crippen LogP contribution in [0.4, 0.5) is 21.1 Å². The molecular weight excluding hydrogens is 727 g/mol. The van der Waals surface area contributed by atoms with Crippen LogP contribution in [0.15, 0.2) is 66.2 Å². The molecule has 9 rings (SSSR count). The molecule has 1 unspecified atom stereocenters. The van der Waals surface area contributed by atoms with E-state index in [1.165, 1.54) is 0 Å². The Labute approximate surface area is 329 Å². The number of hydrogen-bond donors (Lipinski definition) is 4. The molecule has 16 nitrogen and oxygen atoms in total. The zero-order valence-electron chi connectivity index (χ0n) is 32.0. The molecular formula is C41H47N11O5. The number of carbonyl (C=O) groups is 4. The summed E-state index contributed by atoms with van der Waals surface area (Å²) < 4.78 is 5.87. The second kappa shape index (κ2) is 14.9. The summed E-state index contributed by atoms with van der Waals surface area (Å²) in [5.74, 6) is -0.436. The minimum absolute atomic E-state index is 0.205. The van der Waals surface area contributed by atoms with E-state index in [0.717, 1.165) is 59.2 Å². The topological polar surface area (TPSA) is 190 Å². The molecule has 3 saturated heterocycles. The number of benzene rings is 1. The van der Waals surface area contributed by atoms with Gasteiger partial charge in [-0.25, -0.2) is 19.6 Å². The third-order valence-corrected chi connectivity index (χ3v) is 12.5. The normalized spacial score (nSPS) is 23.5. The van der Waals surface area contributed by atoms with Gasteiger partial charge in [-0.15, -0.1) is 0 Å². The Bertz CT molecular complexity index is 2220. The maximum atomic E-state index is 14.8. The number of H-pyrrole nitrogens is 1. The first-order valence-electron chi connectivity index (χ1n) is 19.9. The fourth-order valence-corrected chi connectivity index (χ4v) is 9.17. The molecule has 57 heavy (non-hydrogen) atoms. The average Bonchev–Trinajstić information content (AvgIpc) is 3.76. The molecule has 4 aliphatic heterocycles. The fraction of sp³-hybridized carbons (Fsp3) is 0.463. The van der Waals surface area contributed by atoms with Gasteiger partial charge in [0.15, 0.2) is 0 Å². The molecule has 3 aromatic heterocycles. The molecule has 5 aliphatic rings. The van der Waals surface area contributed by atoms with E-state index in [9.17, 15) is 19.2 Å². The van der Waals surface area contributed by atoms with Crippen LogP contribution in [0.2, 0.25) is 0 Å². The molecule has 0 bridgehead atoms. The molecule has 5 amide bonds. The Hall–Kier alpha value is -5.90. The predicted octanol–water partition coefficient (Wildman–Crippen LogP) is 3.86. The van der Waals surface area contributed by atoms with Crippen molar-refractivity contribution in [2.45, 2.75) is 62.5 Å². The zero-order valence-corrected chi connectivity index (χ0v) is 32.0. The van der Waals surface area contributed by atoms with Crippen LogP contribution in [0.3, 0.4) is 0 Å². The van der Waals surface area contributed by atoms with Gasteiger partial charge in [0, 0.05) is 93.3 Å². The van der Waals surface area contributed by atoms with Crippen LogP contribution in [0.5, 0.6) is 0 Å². The summed E-state index contributed by atoms with van der Waals surface area (Å²) in [7, 11) is 0. The van der Waals surface area contributed by atoms with Gasteiger partial charge in [0.25, 0.3) is 11.8 Å². The summed E-state index contributed by atoms with van der Waals surface area (Å²) in [6, 6.07) is 11.3. The number of hydrogen-bond acceptors (Lipinski definition) is 10. The third-order valence-electron chi connectivity index (χ3n) is 12.5. The molecule has 1 aliphatic carbocycles. The number of rotatable bonds is 7. The van der Waals surface area contributed by atoms with Crippen molar-refractivity contribution in [3.05, 3.63) is 77.9 Å². The smallest absolute Gasteiger partial charge is 0.413 e. The van der Waals surface area contributed by atoms with E-state index in [4.69, 9.17) is 9.73 Å². The number of amides is 5. The molecule has 4 N–H and O–H groups in total. The SMILES string of the molecule is Cc1cc([C@@H]2CC2(NC(=O)N2CCC3(CC2)OC(=O)Nc2ncccc23)C(=O)N=C(CC2CCNCC2)C(=O)N2CCN(c3ccncc3)CC2)cc2cn[nH]c12. The number of aromatic nitrogens is 4. The number of ether oxygens (including phenoxy) is 1. The number of nitrogens with zero attached hydrogens (tertiary/aromatic N) is 7. The molecule has 2 atom stereocenters. The first-order chi connectivity index (χ1) is 27.7. The number of anilines is 2. The lowest BCUT2D eigenvalue weighted by atomic mass is 9.83. The van der Waals surface area contributed by atoms with Crippen LogP contribution >= 0.6 is 0 Å². The molecule has 1 saturated carbocycles. The molecule has 4 fully saturated rings. The quantitative estimate of drug-likeness (QED) is 0.201. The van der Waals surface area contributed by atoms with Crippen molar-refractivity contribution >= 4 is 52.1 Å². The molecule has 1 spiro atoms. The van der Waals surface area contributed by atoms with Gasteiger partial charge in [-0.2, -0.15) is 5.10 Å². The molecule has 16 heteroatoms. The number of fused-ring (bicyclic) bond motifs is 3. The second-order valence-electron chi connectivity index (χ2n) is 16.0. The fourth-order valence-electron chi connectivity index (χ4n) is 9.17. The highest BCUT2D eigenvalue weighted by molar-refractivity contribution is 6.40. The minimum atomic E-state index is -1.35. The molecule has 7 heterocycles. The van der Waals surface area contributed by atoms with Gasteiger partial charge in [0.05, 0.1) is 11.7 Å². The maximum Gasteiger partial charge on any atom is 0.413 e. The van der Waals surface area contributed by atoms with E-state index in [2.05, 4.69) is 41.0 Å². The average molecular weight is 774 g/mol. The molecule has 296 valence electrons. The highest BCUT2D eigenvalue weighted by Gasteiger charge is 2.63. The Kier molecular flexibility index (Phi) is 9.59. The summed E-state index contributed by atoms with van der Waals surface area (Å²) in [4.78, 5) is 74.9. The summed E-state index contributed by atoms with van der Waals surface area (Å²) in [5.41, 5.74) is 2.61. The van der Waals surface area contributed by atoms with Gasteiger partial charge in [0.1, 0.15) is 22.7 Å². The van der Waals surface area contributed by atoms with Crippen molar-refractivity contribution in [3.8, 4) is 0 Å². The van der Waals surface area contributed by atoms with Crippen molar-refractivity contribution in [1.29, 1.82) is 0 Å². The monoisotopic (exact) mass is 773 g/mol. The number of urea groups is 1. The molecule has 1 aromatic carbocycles. The van der Waals surface area contributed by atoms with Gasteiger partial charge in [0.2, 0.25) is 0 Å². The van der Waals surface area contributed by atoms with Gasteiger partial charge in [-0.3, -0.25) is 25.0 Å². The number of carbonyl (C=O) groups excluding carboxylic acids is 4. The number of aliphatic imine (C=N–C) groups is 1. The van der Waals surface area contributed by atoms with Gasteiger partial charge in [-0.05, 0) is 93.1 Å². The van der Waals surface area contributed by atoms with E-state index in [1.54, 1.807) is 35.8 Å². The number of piperazine rings is 1. The largest absolute Gasteiger partial charge is 0.437 e. The van der Waals surface area contributed by atoms with Crippen LogP contribution in [-0.4, -0.2) is 118 Å². The number of piperidine rings is 2. The summed E-state index contributed by atoms with van der Waals surface area (Å²) in [6.45, 7) is 6.55. The summed E-state index contributed by atoms with van der Waals surface area (Å²) >= 11 is 0. The van der Waals surface area contributed by atoms with Crippen LogP contribution < -0.4 is 20.9 Å². The number of likely N-dealkylation sites (tertiary alicyclic amines) is 1. The third kappa shape index (κ3) is 7.06. The lowest BCUT2D eigenvalue weighted by Gasteiger charge is -2.43. The number of nitrogens with one attached hydrogen (secondary N) is 4. The molecule has 0 radical (unpaired) electrons. The van der Waals surface area contributed by atoms with Crippen LogP contribution in [0.1, 0.15) is 61.1 Å². The van der Waals surface area contributed by atoms with E-state index in [-0.39, 0.29) is 36.5 Å². The Morgan fingerprint density at radius 3 is 2.53 bits per heavy atom. The Balaban J connectivity index is 0.985.